The van der Waals surface area contributed by atoms with Gasteiger partial charge in [0.25, 0.3) is 0 Å². The summed E-state index contributed by atoms with van der Waals surface area (Å²) in [5.74, 6) is 0.505. The molecule has 0 bridgehead atoms. The molecule has 3 rings (SSSR count). The number of benzene rings is 2. The van der Waals surface area contributed by atoms with Gasteiger partial charge in [0.1, 0.15) is 5.75 Å². The lowest BCUT2D eigenvalue weighted by molar-refractivity contribution is 0.166. The average molecular weight is 347 g/mol. The number of ether oxygens (including phenoxy) is 1. The lowest BCUT2D eigenvalue weighted by atomic mass is 10.0. The Hall–Kier alpha value is -2.05. The minimum atomic E-state index is -3.55. The summed E-state index contributed by atoms with van der Waals surface area (Å²) in [7, 11) is -2.02. The number of anilines is 1. The Morgan fingerprint density at radius 2 is 2.00 bits per heavy atom. The van der Waals surface area contributed by atoms with Gasteiger partial charge in [-0.25, -0.2) is 8.42 Å². The van der Waals surface area contributed by atoms with Crippen LogP contribution >= 0.6 is 0 Å². The van der Waals surface area contributed by atoms with Crippen LogP contribution in [-0.4, -0.2) is 27.2 Å². The van der Waals surface area contributed by atoms with E-state index in [1.54, 1.807) is 18.2 Å². The number of nitrogens with zero attached hydrogens (tertiary/aromatic N) is 1. The minimum absolute atomic E-state index is 0.0631. The Kier molecular flexibility index (Phi) is 4.51. The second-order valence-electron chi connectivity index (χ2n) is 5.98. The first-order chi connectivity index (χ1) is 11.4. The topological polar surface area (TPSA) is 66.8 Å². The van der Waals surface area contributed by atoms with Gasteiger partial charge in [-0.3, -0.25) is 4.31 Å². The summed E-state index contributed by atoms with van der Waals surface area (Å²) in [6.45, 7) is 2.16. The third-order valence-electron chi connectivity index (χ3n) is 4.41. The molecule has 1 aliphatic heterocycles. The monoisotopic (exact) mass is 347 g/mol. The molecule has 0 radical (unpaired) electrons. The Balaban J connectivity index is 2.00. The summed E-state index contributed by atoms with van der Waals surface area (Å²) < 4.78 is 32.6. The zero-order chi connectivity index (χ0) is 17.3. The van der Waals surface area contributed by atoms with Crippen molar-refractivity contribution in [2.24, 2.45) is 0 Å². The predicted octanol–water partition coefficient (Wildman–Crippen LogP) is 2.78. The summed E-state index contributed by atoms with van der Waals surface area (Å²) in [4.78, 5) is 0. The zero-order valence-corrected chi connectivity index (χ0v) is 14.6. The molecule has 128 valence electrons. The first-order valence-electron chi connectivity index (χ1n) is 7.83. The molecule has 0 aromatic heterocycles. The third-order valence-corrected chi connectivity index (χ3v) is 6.13. The number of aliphatic hydroxyl groups excluding tert-OH is 1. The van der Waals surface area contributed by atoms with Crippen molar-refractivity contribution < 1.29 is 18.3 Å². The molecule has 6 heteroatoms. The van der Waals surface area contributed by atoms with Crippen LogP contribution in [0.1, 0.15) is 29.2 Å². The molecule has 1 aliphatic rings. The zero-order valence-electron chi connectivity index (χ0n) is 13.8. The standard InChI is InChI=1S/C18H21NO4S/c1-13-5-3-4-6-14(13)12-24(21,22)19-10-9-18(20)16-8-7-15(23-2)11-17(16)19/h3-8,11,18,20H,9-10,12H2,1-2H3. The fourth-order valence-corrected chi connectivity index (χ4v) is 4.71. The molecule has 5 nitrogen and oxygen atoms in total. The summed E-state index contributed by atoms with van der Waals surface area (Å²) >= 11 is 0. The Morgan fingerprint density at radius 1 is 1.25 bits per heavy atom. The second kappa shape index (κ2) is 6.45. The van der Waals surface area contributed by atoms with Gasteiger partial charge in [0, 0.05) is 18.2 Å². The van der Waals surface area contributed by atoms with Crippen LogP contribution < -0.4 is 9.04 Å². The van der Waals surface area contributed by atoms with Gasteiger partial charge in [-0.2, -0.15) is 0 Å². The maximum atomic E-state index is 13.0. The normalized spacial score (nSPS) is 17.5. The molecule has 2 aromatic carbocycles. The smallest absolute Gasteiger partial charge is 0.239 e. The summed E-state index contributed by atoms with van der Waals surface area (Å²) in [5, 5.41) is 10.2. The molecule has 0 spiro atoms. The van der Waals surface area contributed by atoms with Crippen molar-refractivity contribution in [2.75, 3.05) is 18.0 Å². The maximum Gasteiger partial charge on any atom is 0.239 e. The Morgan fingerprint density at radius 3 is 2.71 bits per heavy atom. The van der Waals surface area contributed by atoms with E-state index in [4.69, 9.17) is 4.74 Å². The summed E-state index contributed by atoms with van der Waals surface area (Å²) in [6.07, 6.45) is -0.275. The molecule has 0 aliphatic carbocycles. The quantitative estimate of drug-likeness (QED) is 0.923. The molecule has 1 unspecified atom stereocenters. The van der Waals surface area contributed by atoms with Crippen LogP contribution in [0.15, 0.2) is 42.5 Å². The van der Waals surface area contributed by atoms with Crippen molar-refractivity contribution in [3.63, 3.8) is 0 Å². The largest absolute Gasteiger partial charge is 0.497 e. The van der Waals surface area contributed by atoms with Crippen LogP contribution in [0.25, 0.3) is 0 Å². The van der Waals surface area contributed by atoms with E-state index in [2.05, 4.69) is 0 Å². The van der Waals surface area contributed by atoms with E-state index in [1.807, 2.05) is 31.2 Å². The van der Waals surface area contributed by atoms with E-state index in [1.165, 1.54) is 11.4 Å². The van der Waals surface area contributed by atoms with Crippen molar-refractivity contribution in [3.8, 4) is 5.75 Å². The molecule has 2 aromatic rings. The molecule has 0 fully saturated rings. The van der Waals surface area contributed by atoms with Crippen LogP contribution in [-0.2, 0) is 15.8 Å². The fraction of sp³-hybridized carbons (Fsp3) is 0.333. The van der Waals surface area contributed by atoms with Crippen LogP contribution in [0.4, 0.5) is 5.69 Å². The maximum absolute atomic E-state index is 13.0. The lowest BCUT2D eigenvalue weighted by Gasteiger charge is -2.33. The highest BCUT2D eigenvalue weighted by Gasteiger charge is 2.32. The van der Waals surface area contributed by atoms with Crippen LogP contribution in [0.5, 0.6) is 5.75 Å². The van der Waals surface area contributed by atoms with E-state index in [9.17, 15) is 13.5 Å². The van der Waals surface area contributed by atoms with Crippen LogP contribution in [0.3, 0.4) is 0 Å². The molecular weight excluding hydrogens is 326 g/mol. The predicted molar refractivity (Wildman–Crippen MR) is 93.7 cm³/mol. The van der Waals surface area contributed by atoms with E-state index < -0.39 is 16.1 Å². The molecule has 1 heterocycles. The van der Waals surface area contributed by atoms with Crippen LogP contribution in [0, 0.1) is 6.92 Å². The van der Waals surface area contributed by atoms with Gasteiger partial charge in [0.15, 0.2) is 0 Å². The summed E-state index contributed by atoms with van der Waals surface area (Å²) in [5.41, 5.74) is 2.86. The van der Waals surface area contributed by atoms with E-state index in [0.29, 0.717) is 23.4 Å². The van der Waals surface area contributed by atoms with Crippen molar-refractivity contribution in [1.82, 2.24) is 0 Å². The lowest BCUT2D eigenvalue weighted by Crippen LogP contribution is -2.37. The number of sulfonamides is 1. The molecule has 24 heavy (non-hydrogen) atoms. The number of rotatable bonds is 4. The highest BCUT2D eigenvalue weighted by atomic mass is 32.2. The van der Waals surface area contributed by atoms with E-state index >= 15 is 0 Å². The van der Waals surface area contributed by atoms with Crippen molar-refractivity contribution >= 4 is 15.7 Å². The van der Waals surface area contributed by atoms with Gasteiger partial charge in [0.05, 0.1) is 24.7 Å². The van der Waals surface area contributed by atoms with Gasteiger partial charge in [-0.05, 0) is 30.5 Å². The highest BCUT2D eigenvalue weighted by Crippen LogP contribution is 2.38. The number of aryl methyl sites for hydroxylation is 1. The number of methoxy groups -OCH3 is 1. The fourth-order valence-electron chi connectivity index (χ4n) is 3.00. The van der Waals surface area contributed by atoms with Gasteiger partial charge in [-0.1, -0.05) is 30.3 Å². The van der Waals surface area contributed by atoms with Gasteiger partial charge in [0.2, 0.25) is 10.0 Å². The van der Waals surface area contributed by atoms with Crippen LogP contribution in [0.2, 0.25) is 0 Å². The highest BCUT2D eigenvalue weighted by molar-refractivity contribution is 7.92. The SMILES string of the molecule is COc1ccc2c(c1)N(S(=O)(=O)Cc1ccccc1C)CCC2O. The molecule has 0 saturated carbocycles. The van der Waals surface area contributed by atoms with E-state index in [-0.39, 0.29) is 12.3 Å². The number of hydrogen-bond acceptors (Lipinski definition) is 4. The first-order valence-corrected chi connectivity index (χ1v) is 9.44. The summed E-state index contributed by atoms with van der Waals surface area (Å²) in [6, 6.07) is 12.6. The van der Waals surface area contributed by atoms with E-state index in [0.717, 1.165) is 11.1 Å². The molecule has 1 atom stereocenters. The number of hydrogen-bond donors (Lipinski definition) is 1. The van der Waals surface area contributed by atoms with Crippen molar-refractivity contribution in [1.29, 1.82) is 0 Å². The second-order valence-corrected chi connectivity index (χ2v) is 7.88. The molecule has 0 amide bonds. The Labute approximate surface area is 142 Å². The van der Waals surface area contributed by atoms with Gasteiger partial charge in [-0.15, -0.1) is 0 Å². The third kappa shape index (κ3) is 3.12. The molecule has 0 saturated heterocycles. The van der Waals surface area contributed by atoms with Crippen molar-refractivity contribution in [3.05, 3.63) is 59.2 Å². The van der Waals surface area contributed by atoms with Crippen molar-refractivity contribution in [2.45, 2.75) is 25.2 Å². The Bertz CT molecular complexity index is 848. The number of aliphatic hydroxyl groups is 1. The minimum Gasteiger partial charge on any atom is -0.497 e. The van der Waals surface area contributed by atoms with Gasteiger partial charge >= 0.3 is 0 Å². The average Bonchev–Trinajstić information content (AvgIpc) is 2.56. The van der Waals surface area contributed by atoms with Gasteiger partial charge < -0.3 is 9.84 Å². The number of fused-ring (bicyclic) bond motifs is 1. The first kappa shape index (κ1) is 16.8. The molecular formula is C18H21NO4S. The molecule has 1 N–H and O–H groups in total.